The van der Waals surface area contributed by atoms with Gasteiger partial charge in [0.2, 0.25) is 0 Å². The van der Waals surface area contributed by atoms with Crippen molar-refractivity contribution >= 4 is 5.97 Å². The zero-order valence-corrected chi connectivity index (χ0v) is 32.2. The summed E-state index contributed by atoms with van der Waals surface area (Å²) in [4.78, 5) is 12.7. The third-order valence-corrected chi connectivity index (χ3v) is 10.3. The van der Waals surface area contributed by atoms with Gasteiger partial charge in [0, 0.05) is 5.92 Å². The van der Waals surface area contributed by atoms with E-state index in [9.17, 15) is 4.79 Å². The van der Waals surface area contributed by atoms with Crippen molar-refractivity contribution < 1.29 is 37.3 Å². The molecule has 6 atom stereocenters. The van der Waals surface area contributed by atoms with E-state index in [1.165, 1.54) is 6.92 Å². The van der Waals surface area contributed by atoms with E-state index in [0.717, 1.165) is 22.3 Å². The third kappa shape index (κ3) is 12.2. The minimum atomic E-state index is -3.38. The molecule has 1 fully saturated rings. The van der Waals surface area contributed by atoms with E-state index < -0.39 is 42.4 Å². The van der Waals surface area contributed by atoms with Crippen LogP contribution in [0.15, 0.2) is 121 Å². The third-order valence-electron chi connectivity index (χ3n) is 10.3. The molecule has 0 aromatic heterocycles. The number of hydrogen-bond donors (Lipinski definition) is 2. The Balaban J connectivity index is 1.26. The van der Waals surface area contributed by atoms with Crippen molar-refractivity contribution in [2.75, 3.05) is 26.7 Å². The first-order valence-corrected chi connectivity index (χ1v) is 19.3. The van der Waals surface area contributed by atoms with Crippen molar-refractivity contribution in [2.24, 2.45) is 5.92 Å². The normalized spacial score (nSPS) is 21.9. The molecular weight excluding hydrogens is 702 g/mol. The second-order valence-corrected chi connectivity index (χ2v) is 14.4. The fraction of sp³-hybridized carbons (Fsp3) is 0.444. The molecule has 10 heteroatoms. The predicted octanol–water partition coefficient (Wildman–Crippen LogP) is 7.89. The van der Waals surface area contributed by atoms with Crippen LogP contribution in [0.5, 0.6) is 0 Å². The molecule has 4 aromatic rings. The fourth-order valence-electron chi connectivity index (χ4n) is 6.89. The zero-order valence-electron chi connectivity index (χ0n) is 32.2. The Morgan fingerprint density at radius 3 is 1.82 bits per heavy atom. The minimum Gasteiger partial charge on any atom is -0.460 e. The highest BCUT2D eigenvalue weighted by atomic mass is 19.3. The van der Waals surface area contributed by atoms with Gasteiger partial charge in [0.05, 0.1) is 45.2 Å². The predicted molar refractivity (Wildman–Crippen MR) is 209 cm³/mol. The summed E-state index contributed by atoms with van der Waals surface area (Å²) in [6.45, 7) is 4.05. The molecule has 0 bridgehead atoms. The Hall–Kier alpha value is -4.03. The van der Waals surface area contributed by atoms with Crippen LogP contribution in [0.25, 0.3) is 0 Å². The van der Waals surface area contributed by atoms with E-state index in [0.29, 0.717) is 32.4 Å². The van der Waals surface area contributed by atoms with Gasteiger partial charge in [0.15, 0.2) is 5.60 Å². The number of likely N-dealkylation sites (N-methyl/N-ethyl adjacent to an activating group) is 1. The van der Waals surface area contributed by atoms with Gasteiger partial charge in [-0.2, -0.15) is 0 Å². The van der Waals surface area contributed by atoms with E-state index in [4.69, 9.17) is 23.7 Å². The molecule has 1 saturated heterocycles. The first kappa shape index (κ1) is 42.1. The number of esters is 1. The lowest BCUT2D eigenvalue weighted by molar-refractivity contribution is -0.333. The Kier molecular flexibility index (Phi) is 16.3. The molecule has 0 saturated carbocycles. The molecule has 5 rings (SSSR count). The van der Waals surface area contributed by atoms with Crippen molar-refractivity contribution in [3.05, 3.63) is 144 Å². The lowest BCUT2D eigenvalue weighted by Crippen LogP contribution is -2.70. The monoisotopic (exact) mass is 758 g/mol. The first-order chi connectivity index (χ1) is 26.7. The van der Waals surface area contributed by atoms with Crippen molar-refractivity contribution in [1.82, 2.24) is 10.6 Å². The standard InChI is InChI=1S/C45H56F2N2O6/c1-34-40(32-51-28-35-18-8-4-9-19-35)55-44(2,42(53-30-37-22-12-6-13-23-37)41(34)52-29-36-20-10-5-11-21-36)45(46,47)33-49-27-17-16-26-39(48-3)43(50)54-31-38-24-14-7-15-25-38/h4-15,18-25,34,39-42,48-49H,16-17,26-33H2,1-3H3/t34-,39-,40+,41-,42+,44+/m0/s1. The topological polar surface area (TPSA) is 87.3 Å². The van der Waals surface area contributed by atoms with E-state index in [1.54, 1.807) is 7.05 Å². The summed E-state index contributed by atoms with van der Waals surface area (Å²) in [6.07, 6.45) is -0.819. The smallest absolute Gasteiger partial charge is 0.323 e. The Morgan fingerprint density at radius 2 is 1.27 bits per heavy atom. The molecule has 0 radical (unpaired) electrons. The van der Waals surface area contributed by atoms with Gasteiger partial charge in [-0.1, -0.05) is 135 Å². The molecule has 1 heterocycles. The van der Waals surface area contributed by atoms with Crippen LogP contribution in [0.3, 0.4) is 0 Å². The van der Waals surface area contributed by atoms with Gasteiger partial charge < -0.3 is 34.3 Å². The maximum Gasteiger partial charge on any atom is 0.323 e. The van der Waals surface area contributed by atoms with Crippen molar-refractivity contribution in [3.63, 3.8) is 0 Å². The van der Waals surface area contributed by atoms with Gasteiger partial charge >= 0.3 is 5.97 Å². The lowest BCUT2D eigenvalue weighted by atomic mass is 9.77. The summed E-state index contributed by atoms with van der Waals surface area (Å²) < 4.78 is 64.9. The van der Waals surface area contributed by atoms with Gasteiger partial charge in [-0.25, -0.2) is 8.78 Å². The van der Waals surface area contributed by atoms with Crippen molar-refractivity contribution in [3.8, 4) is 0 Å². The number of unbranched alkanes of at least 4 members (excludes halogenated alkanes) is 1. The maximum atomic E-state index is 16.9. The molecule has 0 spiro atoms. The molecule has 2 N–H and O–H groups in total. The number of nitrogens with one attached hydrogen (secondary N) is 2. The summed E-state index contributed by atoms with van der Waals surface area (Å²) in [6, 6.07) is 37.9. The van der Waals surface area contributed by atoms with Crippen LogP contribution in [0.4, 0.5) is 8.78 Å². The number of rotatable bonds is 22. The second kappa shape index (κ2) is 21.3. The molecule has 8 nitrogen and oxygen atoms in total. The number of hydrogen-bond acceptors (Lipinski definition) is 8. The van der Waals surface area contributed by atoms with Crippen LogP contribution in [0.2, 0.25) is 0 Å². The average Bonchev–Trinajstić information content (AvgIpc) is 3.21. The van der Waals surface area contributed by atoms with Crippen LogP contribution < -0.4 is 10.6 Å². The van der Waals surface area contributed by atoms with Crippen LogP contribution >= 0.6 is 0 Å². The largest absolute Gasteiger partial charge is 0.460 e. The highest BCUT2D eigenvalue weighted by Gasteiger charge is 2.64. The second-order valence-electron chi connectivity index (χ2n) is 14.4. The van der Waals surface area contributed by atoms with Crippen molar-refractivity contribution in [1.29, 1.82) is 0 Å². The lowest BCUT2D eigenvalue weighted by Gasteiger charge is -2.53. The van der Waals surface area contributed by atoms with E-state index >= 15 is 8.78 Å². The highest BCUT2D eigenvalue weighted by molar-refractivity contribution is 5.75. The number of alkyl halides is 2. The molecule has 296 valence electrons. The molecule has 0 unspecified atom stereocenters. The molecular formula is C45H56F2N2O6. The van der Waals surface area contributed by atoms with Gasteiger partial charge in [-0.05, 0) is 55.6 Å². The number of ether oxygens (including phenoxy) is 5. The summed E-state index contributed by atoms with van der Waals surface area (Å²) in [5.41, 5.74) is 1.60. The summed E-state index contributed by atoms with van der Waals surface area (Å²) in [7, 11) is 1.71. The van der Waals surface area contributed by atoms with Crippen LogP contribution in [-0.2, 0) is 54.9 Å². The first-order valence-electron chi connectivity index (χ1n) is 19.3. The van der Waals surface area contributed by atoms with E-state index in [2.05, 4.69) is 10.6 Å². The quantitative estimate of drug-likeness (QED) is 0.0619. The molecule has 4 aromatic carbocycles. The zero-order chi connectivity index (χ0) is 38.9. The summed E-state index contributed by atoms with van der Waals surface area (Å²) >= 11 is 0. The molecule has 1 aliphatic rings. The van der Waals surface area contributed by atoms with Crippen LogP contribution in [0.1, 0.15) is 55.4 Å². The Morgan fingerprint density at radius 1 is 0.764 bits per heavy atom. The fourth-order valence-corrected chi connectivity index (χ4v) is 6.89. The van der Waals surface area contributed by atoms with E-state index in [-0.39, 0.29) is 38.3 Å². The summed E-state index contributed by atoms with van der Waals surface area (Å²) in [5, 5.41) is 6.00. The van der Waals surface area contributed by atoms with Crippen molar-refractivity contribution in [2.45, 2.75) is 95.4 Å². The van der Waals surface area contributed by atoms with Gasteiger partial charge in [0.1, 0.15) is 18.8 Å². The number of benzene rings is 4. The average molecular weight is 759 g/mol. The van der Waals surface area contributed by atoms with Crippen LogP contribution in [0, 0.1) is 5.92 Å². The van der Waals surface area contributed by atoms with Gasteiger partial charge in [-0.3, -0.25) is 4.79 Å². The number of halogens is 2. The minimum absolute atomic E-state index is 0.103. The van der Waals surface area contributed by atoms with E-state index in [1.807, 2.05) is 128 Å². The number of carbonyl (C=O) groups excluding carboxylic acids is 1. The SMILES string of the molecule is CN[C@@H](CCCCNCC(F)(F)[C@]1(C)O[C@H](COCc2ccccc2)[C@H](C)[C@H](OCc2ccccc2)[C@H]1OCc1ccccc1)C(=O)OCc1ccccc1. The number of carbonyl (C=O) groups is 1. The summed E-state index contributed by atoms with van der Waals surface area (Å²) in [5.74, 6) is -4.05. The Labute approximate surface area is 324 Å². The highest BCUT2D eigenvalue weighted by Crippen LogP contribution is 2.46. The Bertz CT molecular complexity index is 1670. The van der Waals surface area contributed by atoms with Crippen LogP contribution in [-0.4, -0.2) is 68.6 Å². The molecule has 0 amide bonds. The molecule has 55 heavy (non-hydrogen) atoms. The molecule has 1 aliphatic heterocycles. The maximum absolute atomic E-state index is 16.9. The van der Waals surface area contributed by atoms with Gasteiger partial charge in [-0.15, -0.1) is 0 Å². The molecule has 0 aliphatic carbocycles. The van der Waals surface area contributed by atoms with Gasteiger partial charge in [0.25, 0.3) is 5.92 Å².